The van der Waals surface area contributed by atoms with Gasteiger partial charge in [-0.2, -0.15) is 0 Å². The molecule has 0 radical (unpaired) electrons. The largest absolute Gasteiger partial charge is 0.311 e. The van der Waals surface area contributed by atoms with Crippen molar-refractivity contribution < 1.29 is 0 Å². The predicted molar refractivity (Wildman–Crippen MR) is 42.9 cm³/mol. The van der Waals surface area contributed by atoms with Crippen molar-refractivity contribution >= 4 is 0 Å². The molecule has 2 rings (SSSR count). The maximum absolute atomic E-state index is 3.67. The second kappa shape index (κ2) is 2.23. The molecule has 1 saturated carbocycles. The number of rotatable bonds is 0. The molecule has 2 fully saturated rings. The first-order chi connectivity index (χ1) is 4.79. The fourth-order valence-electron chi connectivity index (χ4n) is 2.69. The molecule has 4 unspecified atom stereocenters. The van der Waals surface area contributed by atoms with Gasteiger partial charge in [0.15, 0.2) is 0 Å². The third-order valence-corrected chi connectivity index (χ3v) is 3.51. The van der Waals surface area contributed by atoms with E-state index in [1.54, 1.807) is 0 Å². The van der Waals surface area contributed by atoms with Crippen LogP contribution in [0.5, 0.6) is 0 Å². The number of fused-ring (bicyclic) bond motifs is 1. The molecule has 2 aliphatic rings. The zero-order chi connectivity index (χ0) is 7.14. The van der Waals surface area contributed by atoms with Gasteiger partial charge in [-0.25, -0.2) is 0 Å². The van der Waals surface area contributed by atoms with E-state index < -0.39 is 0 Å². The van der Waals surface area contributed by atoms with Gasteiger partial charge < -0.3 is 5.32 Å². The van der Waals surface area contributed by atoms with Gasteiger partial charge in [0.05, 0.1) is 0 Å². The van der Waals surface area contributed by atoms with Crippen LogP contribution >= 0.6 is 0 Å². The van der Waals surface area contributed by atoms with Gasteiger partial charge in [-0.15, -0.1) is 0 Å². The molecule has 0 aromatic rings. The van der Waals surface area contributed by atoms with E-state index >= 15 is 0 Å². The molecule has 0 amide bonds. The van der Waals surface area contributed by atoms with Crippen LogP contribution in [0.1, 0.15) is 33.1 Å². The first-order valence-electron chi connectivity index (χ1n) is 4.55. The van der Waals surface area contributed by atoms with Gasteiger partial charge in [-0.05, 0) is 31.6 Å². The third-order valence-electron chi connectivity index (χ3n) is 3.51. The summed E-state index contributed by atoms with van der Waals surface area (Å²) in [7, 11) is 0. The molecule has 1 aliphatic heterocycles. The first kappa shape index (κ1) is 6.66. The third kappa shape index (κ3) is 0.800. The average molecular weight is 139 g/mol. The zero-order valence-electron chi connectivity index (χ0n) is 6.93. The molecule has 0 spiro atoms. The minimum Gasteiger partial charge on any atom is -0.311 e. The Morgan fingerprint density at radius 1 is 1.20 bits per heavy atom. The average Bonchev–Trinajstić information content (AvgIpc) is 2.41. The molecule has 0 bridgehead atoms. The first-order valence-corrected chi connectivity index (χ1v) is 4.55. The molecule has 1 heterocycles. The summed E-state index contributed by atoms with van der Waals surface area (Å²) in [4.78, 5) is 0. The normalized spacial score (nSPS) is 53.4. The van der Waals surface area contributed by atoms with Crippen molar-refractivity contribution in [1.82, 2.24) is 5.32 Å². The molecule has 1 saturated heterocycles. The van der Waals surface area contributed by atoms with Crippen molar-refractivity contribution in [1.29, 1.82) is 0 Å². The van der Waals surface area contributed by atoms with E-state index in [1.165, 1.54) is 19.3 Å². The van der Waals surface area contributed by atoms with E-state index in [2.05, 4.69) is 19.2 Å². The summed E-state index contributed by atoms with van der Waals surface area (Å²) in [5.41, 5.74) is 0. The van der Waals surface area contributed by atoms with Gasteiger partial charge in [0.25, 0.3) is 0 Å². The number of hydrogen-bond acceptors (Lipinski definition) is 1. The van der Waals surface area contributed by atoms with Gasteiger partial charge in [-0.1, -0.05) is 13.3 Å². The fraction of sp³-hybridized carbons (Fsp3) is 1.00. The fourth-order valence-corrected chi connectivity index (χ4v) is 2.69. The minimum absolute atomic E-state index is 0.773. The monoisotopic (exact) mass is 139 g/mol. The Kier molecular flexibility index (Phi) is 1.48. The maximum Gasteiger partial charge on any atom is 0.0101 e. The minimum atomic E-state index is 0.773. The van der Waals surface area contributed by atoms with Crippen LogP contribution in [0.25, 0.3) is 0 Å². The molecule has 4 atom stereocenters. The van der Waals surface area contributed by atoms with Crippen LogP contribution in [-0.4, -0.2) is 12.1 Å². The summed E-state index contributed by atoms with van der Waals surface area (Å²) < 4.78 is 0. The highest BCUT2D eigenvalue weighted by Crippen LogP contribution is 2.38. The summed E-state index contributed by atoms with van der Waals surface area (Å²) in [6, 6.07) is 1.65. The van der Waals surface area contributed by atoms with E-state index in [9.17, 15) is 0 Å². The van der Waals surface area contributed by atoms with Gasteiger partial charge in [-0.3, -0.25) is 0 Å². The molecule has 10 heavy (non-hydrogen) atoms. The van der Waals surface area contributed by atoms with E-state index in [-0.39, 0.29) is 0 Å². The predicted octanol–water partition coefficient (Wildman–Crippen LogP) is 1.78. The molecule has 1 N–H and O–H groups in total. The molecule has 58 valence electrons. The number of hydrogen-bond donors (Lipinski definition) is 1. The lowest BCUT2D eigenvalue weighted by atomic mass is 9.91. The maximum atomic E-state index is 3.67. The second-order valence-corrected chi connectivity index (χ2v) is 4.02. The topological polar surface area (TPSA) is 12.0 Å². The Balaban J connectivity index is 2.09. The van der Waals surface area contributed by atoms with Crippen LogP contribution in [0.4, 0.5) is 0 Å². The highest BCUT2D eigenvalue weighted by molar-refractivity contribution is 4.96. The van der Waals surface area contributed by atoms with E-state index in [0.717, 1.165) is 23.9 Å². The summed E-state index contributed by atoms with van der Waals surface area (Å²) >= 11 is 0. The molecular formula is C9H17N. The molecule has 1 nitrogen and oxygen atoms in total. The molecule has 1 heteroatoms. The van der Waals surface area contributed by atoms with Gasteiger partial charge in [0, 0.05) is 12.1 Å². The Morgan fingerprint density at radius 3 is 2.70 bits per heavy atom. The summed E-state index contributed by atoms with van der Waals surface area (Å²) in [6.45, 7) is 4.72. The standard InChI is InChI=1S/C9H17N/c1-6-7(2)10-9-5-3-4-8(6)9/h6-10H,3-5H2,1-2H3. The second-order valence-electron chi connectivity index (χ2n) is 4.02. The lowest BCUT2D eigenvalue weighted by Gasteiger charge is -2.13. The Hall–Kier alpha value is -0.0400. The molecular weight excluding hydrogens is 122 g/mol. The quantitative estimate of drug-likeness (QED) is 0.539. The van der Waals surface area contributed by atoms with Gasteiger partial charge in [0.1, 0.15) is 0 Å². The lowest BCUT2D eigenvalue weighted by Crippen LogP contribution is -2.27. The Labute approximate surface area is 63.2 Å². The van der Waals surface area contributed by atoms with Gasteiger partial charge >= 0.3 is 0 Å². The smallest absolute Gasteiger partial charge is 0.0101 e. The highest BCUT2D eigenvalue weighted by atomic mass is 15.0. The van der Waals surface area contributed by atoms with Crippen molar-refractivity contribution in [2.75, 3.05) is 0 Å². The Bertz CT molecular complexity index is 131. The Morgan fingerprint density at radius 2 is 2.00 bits per heavy atom. The molecule has 1 aliphatic carbocycles. The van der Waals surface area contributed by atoms with Crippen LogP contribution in [0.2, 0.25) is 0 Å². The van der Waals surface area contributed by atoms with Crippen molar-refractivity contribution in [3.05, 3.63) is 0 Å². The van der Waals surface area contributed by atoms with E-state index in [1.807, 2.05) is 0 Å². The zero-order valence-corrected chi connectivity index (χ0v) is 6.93. The highest BCUT2D eigenvalue weighted by Gasteiger charge is 2.40. The van der Waals surface area contributed by atoms with Crippen molar-refractivity contribution in [2.45, 2.75) is 45.2 Å². The van der Waals surface area contributed by atoms with Crippen LogP contribution in [0.15, 0.2) is 0 Å². The van der Waals surface area contributed by atoms with Crippen LogP contribution in [-0.2, 0) is 0 Å². The van der Waals surface area contributed by atoms with Gasteiger partial charge in [0.2, 0.25) is 0 Å². The summed E-state index contributed by atoms with van der Waals surface area (Å²) in [5, 5.41) is 3.67. The van der Waals surface area contributed by atoms with Crippen molar-refractivity contribution in [3.8, 4) is 0 Å². The summed E-state index contributed by atoms with van der Waals surface area (Å²) in [6.07, 6.45) is 4.36. The van der Waals surface area contributed by atoms with Crippen molar-refractivity contribution in [2.24, 2.45) is 11.8 Å². The molecule has 0 aromatic carbocycles. The lowest BCUT2D eigenvalue weighted by molar-refractivity contribution is 0.396. The SMILES string of the molecule is CC1NC2CCCC2C1C. The van der Waals surface area contributed by atoms with Crippen LogP contribution in [0, 0.1) is 11.8 Å². The number of nitrogens with one attached hydrogen (secondary N) is 1. The van der Waals surface area contributed by atoms with E-state index in [0.29, 0.717) is 0 Å². The molecule has 0 aromatic heterocycles. The van der Waals surface area contributed by atoms with Crippen LogP contribution < -0.4 is 5.32 Å². The summed E-state index contributed by atoms with van der Waals surface area (Å²) in [5.74, 6) is 1.93. The van der Waals surface area contributed by atoms with Crippen LogP contribution in [0.3, 0.4) is 0 Å². The van der Waals surface area contributed by atoms with E-state index in [4.69, 9.17) is 0 Å². The van der Waals surface area contributed by atoms with Crippen molar-refractivity contribution in [3.63, 3.8) is 0 Å².